The second kappa shape index (κ2) is 12.3. The van der Waals surface area contributed by atoms with Crippen LogP contribution in [0.5, 0.6) is 0 Å². The molecule has 0 amide bonds. The molecule has 3 rings (SSSR count). The maximum Gasteiger partial charge on any atom is 0.0520 e. The Morgan fingerprint density at radius 2 is 1.35 bits per heavy atom. The van der Waals surface area contributed by atoms with Gasteiger partial charge in [-0.1, -0.05) is 35.9 Å². The van der Waals surface area contributed by atoms with Gasteiger partial charge in [-0.2, -0.15) is 12.6 Å². The molecular weight excluding hydrogens is 598 g/mol. The molecule has 0 saturated carbocycles. The molecule has 0 heterocycles. The van der Waals surface area contributed by atoms with E-state index in [1.165, 1.54) is 27.9 Å². The van der Waals surface area contributed by atoms with Crippen LogP contribution in [0.4, 0.5) is 17.1 Å². The summed E-state index contributed by atoms with van der Waals surface area (Å²) < 4.78 is 3.03. The van der Waals surface area contributed by atoms with Crippen LogP contribution >= 0.6 is 60.4 Å². The summed E-state index contributed by atoms with van der Waals surface area (Å²) in [4.78, 5) is 2.33. The molecule has 0 bridgehead atoms. The minimum absolute atomic E-state index is 0.853. The van der Waals surface area contributed by atoms with E-state index < -0.39 is 0 Å². The van der Waals surface area contributed by atoms with Crippen molar-refractivity contribution in [2.75, 3.05) is 10.7 Å². The second-order valence-electron chi connectivity index (χ2n) is 7.35. The summed E-state index contributed by atoms with van der Waals surface area (Å²) >= 11 is 15.3. The number of hydrogen-bond acceptors (Lipinski definition) is 2. The number of thiol groups is 1. The molecule has 5 heteroatoms. The van der Waals surface area contributed by atoms with E-state index in [1.54, 1.807) is 6.08 Å². The molecule has 0 aromatic heterocycles. The van der Waals surface area contributed by atoms with Crippen molar-refractivity contribution >= 4 is 77.5 Å². The number of allylic oxidation sites excluding steroid dienone is 1. The summed E-state index contributed by atoms with van der Waals surface area (Å²) in [6, 6.07) is 17.6. The van der Waals surface area contributed by atoms with Gasteiger partial charge in [-0.3, -0.25) is 0 Å². The Bertz CT molecular complexity index is 999. The first-order chi connectivity index (χ1) is 14.7. The van der Waals surface area contributed by atoms with Crippen LogP contribution in [0.25, 0.3) is 0 Å². The van der Waals surface area contributed by atoms with E-state index in [0.717, 1.165) is 37.0 Å². The number of aryl methyl sites for hydroxylation is 4. The number of hydrogen-bond donors (Lipinski definition) is 1. The van der Waals surface area contributed by atoms with Gasteiger partial charge in [0.25, 0.3) is 0 Å². The van der Waals surface area contributed by atoms with Crippen molar-refractivity contribution in [1.29, 1.82) is 0 Å². The van der Waals surface area contributed by atoms with Gasteiger partial charge in [0, 0.05) is 24.8 Å². The van der Waals surface area contributed by atoms with E-state index in [0.29, 0.717) is 0 Å². The first kappa shape index (κ1) is 26.2. The van der Waals surface area contributed by atoms with Gasteiger partial charge >= 0.3 is 0 Å². The van der Waals surface area contributed by atoms with Crippen molar-refractivity contribution in [1.82, 2.24) is 0 Å². The van der Waals surface area contributed by atoms with E-state index >= 15 is 0 Å². The van der Waals surface area contributed by atoms with Crippen LogP contribution in [0.15, 0.2) is 74.6 Å². The second-order valence-corrected chi connectivity index (χ2v) is 10.3. The summed E-state index contributed by atoms with van der Waals surface area (Å²) in [6.45, 7) is 11.8. The van der Waals surface area contributed by atoms with Gasteiger partial charge in [-0.15, -0.1) is 6.58 Å². The minimum atomic E-state index is 0.853. The molecule has 3 aromatic carbocycles. The zero-order valence-corrected chi connectivity index (χ0v) is 24.0. The average molecular weight is 626 g/mol. The molecule has 164 valence electrons. The highest BCUT2D eigenvalue weighted by atomic mass is 79.9. The van der Waals surface area contributed by atoms with Crippen LogP contribution in [0.2, 0.25) is 0 Å². The van der Waals surface area contributed by atoms with E-state index in [2.05, 4.69) is 141 Å². The predicted octanol–water partition coefficient (Wildman–Crippen LogP) is 10.0. The Kier molecular flexibility index (Phi) is 10.4. The Morgan fingerprint density at radius 3 is 1.81 bits per heavy atom. The van der Waals surface area contributed by atoms with Gasteiger partial charge in [0.2, 0.25) is 0 Å². The number of benzene rings is 3. The normalized spacial score (nSPS) is 10.3. The van der Waals surface area contributed by atoms with E-state index in [9.17, 15) is 0 Å². The van der Waals surface area contributed by atoms with Crippen LogP contribution in [-0.4, -0.2) is 5.75 Å². The molecule has 0 aliphatic rings. The maximum atomic E-state index is 4.36. The molecule has 0 unspecified atom stereocenters. The van der Waals surface area contributed by atoms with E-state index in [4.69, 9.17) is 0 Å². The van der Waals surface area contributed by atoms with Crippen LogP contribution in [0.3, 0.4) is 0 Å². The third-order valence-corrected chi connectivity index (χ3v) is 8.07. The van der Waals surface area contributed by atoms with E-state index in [1.807, 2.05) is 6.92 Å². The molecule has 0 aliphatic heterocycles. The first-order valence-electron chi connectivity index (χ1n) is 10.0. The molecule has 31 heavy (non-hydrogen) atoms. The molecule has 0 saturated heterocycles. The van der Waals surface area contributed by atoms with Crippen molar-refractivity contribution in [3.63, 3.8) is 0 Å². The monoisotopic (exact) mass is 623 g/mol. The molecule has 0 atom stereocenters. The lowest BCUT2D eigenvalue weighted by atomic mass is 10.0. The van der Waals surface area contributed by atoms with Crippen molar-refractivity contribution in [3.05, 3.63) is 96.9 Å². The van der Waals surface area contributed by atoms with Crippen molar-refractivity contribution in [2.24, 2.45) is 0 Å². The quantitative estimate of drug-likeness (QED) is 0.168. The highest BCUT2D eigenvalue weighted by Crippen LogP contribution is 2.43. The summed E-state index contributed by atoms with van der Waals surface area (Å²) in [5, 5.41) is 0. The van der Waals surface area contributed by atoms with Gasteiger partial charge in [0.1, 0.15) is 0 Å². The molecule has 0 fully saturated rings. The zero-order valence-electron chi connectivity index (χ0n) is 18.3. The fraction of sp³-hybridized carbons (Fsp3) is 0.231. The third kappa shape index (κ3) is 6.74. The topological polar surface area (TPSA) is 3.24 Å². The third-order valence-electron chi connectivity index (χ3n) is 4.68. The highest BCUT2D eigenvalue weighted by molar-refractivity contribution is 9.14. The van der Waals surface area contributed by atoms with Crippen molar-refractivity contribution in [3.8, 4) is 0 Å². The van der Waals surface area contributed by atoms with E-state index in [-0.39, 0.29) is 0 Å². The van der Waals surface area contributed by atoms with Gasteiger partial charge in [-0.05, 0) is 129 Å². The average Bonchev–Trinajstić information content (AvgIpc) is 2.70. The standard InChI is InChI=1S/C23H22Br3NS.C3H6/c1-14-10-15(2)23(16(3)11-14)27(18-6-4-17(5-7-18)8-9-28)19-12-20(24)22(26)21(25)13-19;1-3-2/h4-7,10-13,28H,8-9H2,1-3H3;3H,1H2,2H3. The Morgan fingerprint density at radius 1 is 0.871 bits per heavy atom. The Labute approximate surface area is 217 Å². The fourth-order valence-corrected chi connectivity index (χ4v) is 5.19. The molecule has 0 spiro atoms. The maximum absolute atomic E-state index is 4.36. The number of rotatable bonds is 5. The summed E-state index contributed by atoms with van der Waals surface area (Å²) in [7, 11) is 0. The fourth-order valence-electron chi connectivity index (χ4n) is 3.54. The molecule has 0 radical (unpaired) electrons. The van der Waals surface area contributed by atoms with Crippen LogP contribution in [0.1, 0.15) is 29.2 Å². The first-order valence-corrected chi connectivity index (χ1v) is 13.0. The van der Waals surface area contributed by atoms with Crippen LogP contribution < -0.4 is 4.90 Å². The summed E-state index contributed by atoms with van der Waals surface area (Å²) in [5.74, 6) is 0.853. The number of anilines is 3. The Balaban J connectivity index is 0.00000107. The van der Waals surface area contributed by atoms with Gasteiger partial charge in [0.05, 0.1) is 5.69 Å². The predicted molar refractivity (Wildman–Crippen MR) is 152 cm³/mol. The molecule has 1 nitrogen and oxygen atoms in total. The lowest BCUT2D eigenvalue weighted by Crippen LogP contribution is -2.13. The molecular formula is C26H28Br3NS. The minimum Gasteiger partial charge on any atom is -0.310 e. The lowest BCUT2D eigenvalue weighted by Gasteiger charge is -2.29. The summed E-state index contributed by atoms with van der Waals surface area (Å²) in [6.07, 6.45) is 2.72. The molecule has 0 aliphatic carbocycles. The van der Waals surface area contributed by atoms with Gasteiger partial charge < -0.3 is 4.90 Å². The summed E-state index contributed by atoms with van der Waals surface area (Å²) in [5.41, 5.74) is 8.54. The highest BCUT2D eigenvalue weighted by Gasteiger charge is 2.19. The van der Waals surface area contributed by atoms with Gasteiger partial charge in [0.15, 0.2) is 0 Å². The zero-order chi connectivity index (χ0) is 23.1. The van der Waals surface area contributed by atoms with Crippen LogP contribution in [0, 0.1) is 20.8 Å². The molecule has 3 aromatic rings. The smallest absolute Gasteiger partial charge is 0.0520 e. The number of nitrogens with zero attached hydrogens (tertiary/aromatic N) is 1. The van der Waals surface area contributed by atoms with Crippen LogP contribution in [-0.2, 0) is 6.42 Å². The lowest BCUT2D eigenvalue weighted by molar-refractivity contribution is 1.15. The SMILES string of the molecule is C=CC.Cc1cc(C)c(N(c2ccc(CCS)cc2)c2cc(Br)c(Br)c(Br)c2)c(C)c1. The largest absolute Gasteiger partial charge is 0.310 e. The van der Waals surface area contributed by atoms with Crippen molar-refractivity contribution in [2.45, 2.75) is 34.1 Å². The number of halogens is 3. The Hall–Kier alpha value is -1.01. The van der Waals surface area contributed by atoms with Crippen molar-refractivity contribution < 1.29 is 0 Å². The van der Waals surface area contributed by atoms with Gasteiger partial charge in [-0.25, -0.2) is 0 Å². The molecule has 0 N–H and O–H groups in total.